The molecule has 0 amide bonds. The second-order valence-corrected chi connectivity index (χ2v) is 7.43. The first-order valence-corrected chi connectivity index (χ1v) is 8.29. The van der Waals surface area contributed by atoms with Gasteiger partial charge in [0.05, 0.1) is 16.8 Å². The Labute approximate surface area is 122 Å². The summed E-state index contributed by atoms with van der Waals surface area (Å²) in [6.45, 7) is 1.01. The minimum atomic E-state index is 0.393. The second-order valence-electron chi connectivity index (χ2n) is 5.70. The van der Waals surface area contributed by atoms with E-state index in [-0.39, 0.29) is 0 Å². The van der Waals surface area contributed by atoms with Crippen LogP contribution in [-0.2, 0) is 6.54 Å². The lowest BCUT2D eigenvalue weighted by atomic mass is 10.0. The smallest absolute Gasteiger partial charge is 0.108 e. The standard InChI is InChI=1S/C15H17ClN2S/c16-10-7-11-5-6-12(8-10)18(11)9-15-17-13-3-1-2-4-14(13)19-15/h1-4,10-12H,5-9H2. The summed E-state index contributed by atoms with van der Waals surface area (Å²) in [4.78, 5) is 7.42. The van der Waals surface area contributed by atoms with Crippen molar-refractivity contribution in [3.05, 3.63) is 29.3 Å². The van der Waals surface area contributed by atoms with E-state index in [0.29, 0.717) is 17.5 Å². The minimum Gasteiger partial charge on any atom is -0.291 e. The van der Waals surface area contributed by atoms with Gasteiger partial charge in [-0.25, -0.2) is 4.98 Å². The monoisotopic (exact) mass is 292 g/mol. The summed E-state index contributed by atoms with van der Waals surface area (Å²) in [5.74, 6) is 0. The highest BCUT2D eigenvalue weighted by atomic mass is 35.5. The molecule has 0 radical (unpaired) electrons. The van der Waals surface area contributed by atoms with Crippen molar-refractivity contribution in [2.45, 2.75) is 49.7 Å². The topological polar surface area (TPSA) is 16.1 Å². The van der Waals surface area contributed by atoms with Gasteiger partial charge in [-0.15, -0.1) is 22.9 Å². The third-order valence-corrected chi connectivity index (χ3v) is 5.86. The van der Waals surface area contributed by atoms with Gasteiger partial charge in [0.25, 0.3) is 0 Å². The van der Waals surface area contributed by atoms with Crippen LogP contribution in [0.3, 0.4) is 0 Å². The van der Waals surface area contributed by atoms with Crippen molar-refractivity contribution in [1.29, 1.82) is 0 Å². The average Bonchev–Trinajstić information content (AvgIpc) is 2.90. The Hall–Kier alpha value is -0.640. The van der Waals surface area contributed by atoms with E-state index < -0.39 is 0 Å². The number of piperidine rings is 1. The molecular weight excluding hydrogens is 276 g/mol. The van der Waals surface area contributed by atoms with Crippen LogP contribution in [0.5, 0.6) is 0 Å². The quantitative estimate of drug-likeness (QED) is 0.777. The summed E-state index contributed by atoms with van der Waals surface area (Å²) in [6.07, 6.45) is 4.95. The van der Waals surface area contributed by atoms with E-state index >= 15 is 0 Å². The normalized spacial score (nSPS) is 31.1. The number of nitrogens with zero attached hydrogens (tertiary/aromatic N) is 2. The molecule has 3 heterocycles. The Kier molecular flexibility index (Phi) is 3.02. The molecule has 0 N–H and O–H groups in total. The molecule has 4 rings (SSSR count). The molecule has 0 saturated carbocycles. The minimum absolute atomic E-state index is 0.393. The van der Waals surface area contributed by atoms with Crippen LogP contribution in [-0.4, -0.2) is 27.3 Å². The summed E-state index contributed by atoms with van der Waals surface area (Å²) in [5.41, 5.74) is 1.14. The summed E-state index contributed by atoms with van der Waals surface area (Å²) in [7, 11) is 0. The number of hydrogen-bond donors (Lipinski definition) is 0. The fourth-order valence-electron chi connectivity index (χ4n) is 3.61. The second kappa shape index (κ2) is 4.72. The predicted octanol–water partition coefficient (Wildman–Crippen LogP) is 4.03. The number of thiazole rings is 1. The first-order valence-electron chi connectivity index (χ1n) is 7.04. The van der Waals surface area contributed by atoms with E-state index in [0.717, 1.165) is 24.9 Å². The van der Waals surface area contributed by atoms with Crippen molar-refractivity contribution < 1.29 is 0 Å². The molecule has 100 valence electrons. The van der Waals surface area contributed by atoms with E-state index in [1.807, 2.05) is 11.3 Å². The number of para-hydroxylation sites is 1. The van der Waals surface area contributed by atoms with E-state index in [1.165, 1.54) is 22.5 Å². The predicted molar refractivity (Wildman–Crippen MR) is 80.8 cm³/mol. The van der Waals surface area contributed by atoms with Crippen LogP contribution in [0.15, 0.2) is 24.3 Å². The number of rotatable bonds is 2. The zero-order valence-electron chi connectivity index (χ0n) is 10.8. The number of alkyl halides is 1. The molecule has 19 heavy (non-hydrogen) atoms. The van der Waals surface area contributed by atoms with E-state index in [2.05, 4.69) is 29.2 Å². The molecule has 4 heteroatoms. The van der Waals surface area contributed by atoms with E-state index in [9.17, 15) is 0 Å². The lowest BCUT2D eigenvalue weighted by Gasteiger charge is -2.36. The van der Waals surface area contributed by atoms with Crippen LogP contribution in [0.4, 0.5) is 0 Å². The lowest BCUT2D eigenvalue weighted by molar-refractivity contribution is 0.134. The Bertz CT molecular complexity index is 550. The maximum Gasteiger partial charge on any atom is 0.108 e. The molecule has 1 aromatic carbocycles. The van der Waals surface area contributed by atoms with Gasteiger partial charge in [-0.3, -0.25) is 4.90 Å². The molecule has 2 nitrogen and oxygen atoms in total. The van der Waals surface area contributed by atoms with Crippen molar-refractivity contribution in [2.75, 3.05) is 0 Å². The highest BCUT2D eigenvalue weighted by molar-refractivity contribution is 7.18. The van der Waals surface area contributed by atoms with Crippen molar-refractivity contribution in [1.82, 2.24) is 9.88 Å². The molecular formula is C15H17ClN2S. The van der Waals surface area contributed by atoms with Crippen LogP contribution in [0.2, 0.25) is 0 Å². The molecule has 2 aromatic rings. The molecule has 2 fully saturated rings. The van der Waals surface area contributed by atoms with E-state index in [4.69, 9.17) is 16.6 Å². The molecule has 0 aliphatic carbocycles. The Balaban J connectivity index is 1.58. The third kappa shape index (κ3) is 2.18. The third-order valence-electron chi connectivity index (χ3n) is 4.48. The highest BCUT2D eigenvalue weighted by Gasteiger charge is 2.40. The van der Waals surface area contributed by atoms with Crippen LogP contribution >= 0.6 is 22.9 Å². The van der Waals surface area contributed by atoms with Gasteiger partial charge in [0, 0.05) is 17.5 Å². The maximum atomic E-state index is 6.34. The molecule has 1 aromatic heterocycles. The van der Waals surface area contributed by atoms with Crippen LogP contribution < -0.4 is 0 Å². The number of hydrogen-bond acceptors (Lipinski definition) is 3. The first kappa shape index (κ1) is 12.1. The number of aromatic nitrogens is 1. The lowest BCUT2D eigenvalue weighted by Crippen LogP contribution is -2.42. The number of halogens is 1. The van der Waals surface area contributed by atoms with Gasteiger partial charge < -0.3 is 0 Å². The van der Waals surface area contributed by atoms with Gasteiger partial charge in [-0.2, -0.15) is 0 Å². The maximum absolute atomic E-state index is 6.34. The van der Waals surface area contributed by atoms with Crippen molar-refractivity contribution in [3.8, 4) is 0 Å². The largest absolute Gasteiger partial charge is 0.291 e. The average molecular weight is 293 g/mol. The van der Waals surface area contributed by atoms with Crippen molar-refractivity contribution in [2.24, 2.45) is 0 Å². The molecule has 2 unspecified atom stereocenters. The van der Waals surface area contributed by atoms with Gasteiger partial charge in [0.2, 0.25) is 0 Å². The molecule has 2 aliphatic rings. The van der Waals surface area contributed by atoms with Crippen LogP contribution in [0, 0.1) is 0 Å². The highest BCUT2D eigenvalue weighted by Crippen LogP contribution is 2.39. The molecule has 0 spiro atoms. The molecule has 2 aliphatic heterocycles. The summed E-state index contributed by atoms with van der Waals surface area (Å²) >= 11 is 8.18. The van der Waals surface area contributed by atoms with Gasteiger partial charge >= 0.3 is 0 Å². The zero-order chi connectivity index (χ0) is 12.8. The van der Waals surface area contributed by atoms with Gasteiger partial charge in [-0.1, -0.05) is 12.1 Å². The summed E-state index contributed by atoms with van der Waals surface area (Å²) in [5, 5.41) is 1.65. The summed E-state index contributed by atoms with van der Waals surface area (Å²) < 4.78 is 1.30. The molecule has 2 atom stereocenters. The van der Waals surface area contributed by atoms with E-state index in [1.54, 1.807) is 0 Å². The van der Waals surface area contributed by atoms with Gasteiger partial charge in [0.1, 0.15) is 5.01 Å². The zero-order valence-corrected chi connectivity index (χ0v) is 12.3. The fraction of sp³-hybridized carbons (Fsp3) is 0.533. The number of fused-ring (bicyclic) bond motifs is 3. The van der Waals surface area contributed by atoms with Crippen LogP contribution in [0.25, 0.3) is 10.2 Å². The summed E-state index contributed by atoms with van der Waals surface area (Å²) in [6, 6.07) is 9.80. The fourth-order valence-corrected chi connectivity index (χ4v) is 5.00. The molecule has 2 saturated heterocycles. The van der Waals surface area contributed by atoms with Crippen molar-refractivity contribution >= 4 is 33.2 Å². The Morgan fingerprint density at radius 3 is 2.68 bits per heavy atom. The Morgan fingerprint density at radius 1 is 1.21 bits per heavy atom. The molecule has 2 bridgehead atoms. The SMILES string of the molecule is ClC1CC2CCC(C1)N2Cc1nc2ccccc2s1. The van der Waals surface area contributed by atoms with Gasteiger partial charge in [0.15, 0.2) is 0 Å². The van der Waals surface area contributed by atoms with Crippen LogP contribution in [0.1, 0.15) is 30.7 Å². The first-order chi connectivity index (χ1) is 9.29. The number of benzene rings is 1. The Morgan fingerprint density at radius 2 is 1.95 bits per heavy atom. The van der Waals surface area contributed by atoms with Crippen molar-refractivity contribution in [3.63, 3.8) is 0 Å². The van der Waals surface area contributed by atoms with Gasteiger partial charge in [-0.05, 0) is 37.8 Å².